The smallest absolute Gasteiger partial charge is 0.270 e. The van der Waals surface area contributed by atoms with Crippen LogP contribution in [-0.2, 0) is 60.1 Å². The summed E-state index contributed by atoms with van der Waals surface area (Å²) in [6, 6.07) is 14.7. The Morgan fingerprint density at radius 3 is 2.56 bits per heavy atom. The van der Waals surface area contributed by atoms with E-state index >= 15 is 8.78 Å². The molecule has 0 amide bonds. The van der Waals surface area contributed by atoms with E-state index in [-0.39, 0.29) is 16.9 Å². The van der Waals surface area contributed by atoms with Gasteiger partial charge in [0.1, 0.15) is 12.4 Å². The van der Waals surface area contributed by atoms with Gasteiger partial charge in [-0.1, -0.05) is 32.9 Å². The van der Waals surface area contributed by atoms with Crippen LogP contribution in [0.2, 0.25) is 0 Å². The Morgan fingerprint density at radius 2 is 1.91 bits per heavy atom. The summed E-state index contributed by atoms with van der Waals surface area (Å²) in [5, 5.41) is 14.2. The van der Waals surface area contributed by atoms with Crippen LogP contribution >= 0.6 is 0 Å². The van der Waals surface area contributed by atoms with E-state index in [0.29, 0.717) is 37.8 Å². The van der Waals surface area contributed by atoms with Gasteiger partial charge in [-0.3, -0.25) is 9.58 Å². The Balaban J connectivity index is 0.00000175. The summed E-state index contributed by atoms with van der Waals surface area (Å²) < 4.78 is 44.4. The average molecular weight is 621 g/mol. The highest BCUT2D eigenvalue weighted by molar-refractivity contribution is 5.63. The molecule has 0 radical (unpaired) electrons. The van der Waals surface area contributed by atoms with Gasteiger partial charge >= 0.3 is 0 Å². The maximum Gasteiger partial charge on any atom is 0.270 e. The van der Waals surface area contributed by atoms with E-state index < -0.39 is 11.6 Å². The second-order valence-corrected chi connectivity index (χ2v) is 13.4. The van der Waals surface area contributed by atoms with E-state index in [4.69, 9.17) is 9.47 Å². The summed E-state index contributed by atoms with van der Waals surface area (Å²) in [6.07, 6.45) is 2.31. The topological polar surface area (TPSA) is 74.8 Å². The number of hydrogen-bond donors (Lipinski definition) is 0. The molecule has 2 atom stereocenters. The third-order valence-corrected chi connectivity index (χ3v) is 10.1. The van der Waals surface area contributed by atoms with Crippen molar-refractivity contribution in [1.82, 2.24) is 19.5 Å². The molecule has 0 bridgehead atoms. The fraction of sp³-hybridized carbons (Fsp3) is 0.600. The SMILES string of the molecule is CC.CC1COCCN(Cc2cc(C(C)(F)F)c3c(c2)C2(CO2)N(c2cccc(C4(Cc5nn(C)n5C)CC(C#N)C4)c2)C3)C1. The third kappa shape index (κ3) is 5.68. The molecule has 1 aromatic heterocycles. The lowest BCUT2D eigenvalue weighted by Crippen LogP contribution is -2.45. The average Bonchev–Trinajstić information content (AvgIpc) is 3.77. The molecule has 3 fully saturated rings. The Morgan fingerprint density at radius 1 is 1.16 bits per heavy atom. The first-order valence-corrected chi connectivity index (χ1v) is 16.3. The largest absolute Gasteiger partial charge is 0.380 e. The normalized spacial score (nSPS) is 27.8. The first-order valence-electron chi connectivity index (χ1n) is 16.3. The Bertz CT molecular complexity index is 1570. The molecule has 242 valence electrons. The van der Waals surface area contributed by atoms with E-state index in [1.54, 1.807) is 6.07 Å². The molecule has 8 nitrogen and oxygen atoms in total. The number of hydrogen-bond acceptors (Lipinski definition) is 6. The van der Waals surface area contributed by atoms with Crippen LogP contribution in [0.3, 0.4) is 0 Å². The lowest BCUT2D eigenvalue weighted by atomic mass is 9.57. The molecule has 2 aromatic carbocycles. The number of nitriles is 1. The summed E-state index contributed by atoms with van der Waals surface area (Å²) in [5.41, 5.74) is 3.71. The van der Waals surface area contributed by atoms with Crippen molar-refractivity contribution < 1.29 is 18.3 Å². The fourth-order valence-electron chi connectivity index (χ4n) is 7.65. The summed E-state index contributed by atoms with van der Waals surface area (Å²) >= 11 is 0. The lowest BCUT2D eigenvalue weighted by Gasteiger charge is -2.46. The van der Waals surface area contributed by atoms with Gasteiger partial charge < -0.3 is 14.4 Å². The van der Waals surface area contributed by atoms with Crippen LogP contribution < -0.4 is 4.90 Å². The number of nitrogens with zero attached hydrogens (tertiary/aromatic N) is 6. The highest BCUT2D eigenvalue weighted by Gasteiger charge is 2.59. The van der Waals surface area contributed by atoms with Gasteiger partial charge in [-0.05, 0) is 59.7 Å². The maximum absolute atomic E-state index is 15.2. The summed E-state index contributed by atoms with van der Waals surface area (Å²) in [7, 11) is 3.91. The number of anilines is 1. The molecule has 7 rings (SSSR count). The van der Waals surface area contributed by atoms with E-state index in [0.717, 1.165) is 74.1 Å². The molecular formula is C35H46F2N6O2. The van der Waals surface area contributed by atoms with Gasteiger partial charge in [-0.2, -0.15) is 5.26 Å². The van der Waals surface area contributed by atoms with Crippen molar-refractivity contribution in [2.45, 2.75) is 77.1 Å². The lowest BCUT2D eigenvalue weighted by molar-refractivity contribution is 0.0164. The van der Waals surface area contributed by atoms with Crippen molar-refractivity contribution >= 4 is 5.69 Å². The van der Waals surface area contributed by atoms with Crippen molar-refractivity contribution in [2.24, 2.45) is 25.9 Å². The molecule has 2 unspecified atom stereocenters. The second kappa shape index (κ2) is 11.8. The highest BCUT2D eigenvalue weighted by atomic mass is 19.3. The van der Waals surface area contributed by atoms with Crippen molar-refractivity contribution in [3.05, 3.63) is 70.0 Å². The Kier molecular flexibility index (Phi) is 8.34. The molecule has 10 heteroatoms. The van der Waals surface area contributed by atoms with Gasteiger partial charge in [0.15, 0.2) is 5.72 Å². The van der Waals surface area contributed by atoms with Crippen molar-refractivity contribution in [1.29, 1.82) is 5.26 Å². The number of halogens is 2. The molecule has 1 aliphatic carbocycles. The van der Waals surface area contributed by atoms with Crippen LogP contribution in [-0.4, -0.2) is 52.4 Å². The number of benzene rings is 2. The third-order valence-electron chi connectivity index (χ3n) is 10.1. The van der Waals surface area contributed by atoms with Crippen LogP contribution in [0.15, 0.2) is 36.4 Å². The zero-order chi connectivity index (χ0) is 32.1. The quantitative estimate of drug-likeness (QED) is 0.303. The summed E-state index contributed by atoms with van der Waals surface area (Å²) in [4.78, 5) is 6.28. The summed E-state index contributed by atoms with van der Waals surface area (Å²) in [5.74, 6) is -1.56. The van der Waals surface area contributed by atoms with E-state index in [2.05, 4.69) is 52.2 Å². The van der Waals surface area contributed by atoms with E-state index in [1.165, 1.54) is 0 Å². The minimum atomic E-state index is -2.98. The van der Waals surface area contributed by atoms with Gasteiger partial charge in [-0.25, -0.2) is 13.6 Å². The molecule has 4 aliphatic rings. The minimum absolute atomic E-state index is 0.0213. The highest BCUT2D eigenvalue weighted by Crippen LogP contribution is 2.55. The molecule has 45 heavy (non-hydrogen) atoms. The first kappa shape index (κ1) is 31.7. The van der Waals surface area contributed by atoms with Gasteiger partial charge in [0.25, 0.3) is 5.92 Å². The Hall–Kier alpha value is -3.26. The van der Waals surface area contributed by atoms with Gasteiger partial charge in [0.2, 0.25) is 0 Å². The van der Waals surface area contributed by atoms with Crippen LogP contribution in [0.25, 0.3) is 0 Å². The molecule has 1 saturated carbocycles. The zero-order valence-electron chi connectivity index (χ0n) is 27.4. The number of rotatable bonds is 7. The van der Waals surface area contributed by atoms with Crippen LogP contribution in [0.1, 0.15) is 74.2 Å². The second-order valence-electron chi connectivity index (χ2n) is 13.4. The molecule has 1 spiro atoms. The number of alkyl halides is 2. The van der Waals surface area contributed by atoms with Crippen LogP contribution in [0.5, 0.6) is 0 Å². The molecule has 4 heterocycles. The monoisotopic (exact) mass is 620 g/mol. The van der Waals surface area contributed by atoms with E-state index in [9.17, 15) is 5.26 Å². The standard InChI is InChI=1S/C33H40F2N6O2.C2H6/c1-22-17-40(8-9-42-20-22)18-23-10-28(31(2,34)35)27-19-41(33(21-43-33)29(27)11-23)26-7-5-6-25(12-26)32(13-24(14-32)16-36)15-30-37-39(4)38(30)3;1-2/h5-7,10-12,22,24H,8-9,13-15,17-21H2,1-4H3;1-2H3. The molecule has 2 saturated heterocycles. The number of fused-ring (bicyclic) bond motifs is 2. The zero-order valence-corrected chi connectivity index (χ0v) is 27.4. The number of aryl methyl sites for hydroxylation is 1. The number of epoxide rings is 1. The first-order chi connectivity index (χ1) is 21.5. The van der Waals surface area contributed by atoms with Crippen molar-refractivity contribution in [2.75, 3.05) is 37.8 Å². The van der Waals surface area contributed by atoms with Crippen molar-refractivity contribution in [3.8, 4) is 6.07 Å². The molecular weight excluding hydrogens is 574 g/mol. The molecule has 3 aliphatic heterocycles. The summed E-state index contributed by atoms with van der Waals surface area (Å²) in [6.45, 7) is 11.6. The predicted molar refractivity (Wildman–Crippen MR) is 169 cm³/mol. The van der Waals surface area contributed by atoms with Gasteiger partial charge in [0, 0.05) is 81.8 Å². The van der Waals surface area contributed by atoms with Gasteiger partial charge in [0.05, 0.1) is 19.3 Å². The molecule has 3 aromatic rings. The Labute approximate surface area is 265 Å². The molecule has 0 N–H and O–H groups in total. The van der Waals surface area contributed by atoms with Crippen molar-refractivity contribution in [3.63, 3.8) is 0 Å². The number of aromatic nitrogens is 3. The fourth-order valence-corrected chi connectivity index (χ4v) is 7.65. The van der Waals surface area contributed by atoms with Gasteiger partial charge in [-0.15, -0.1) is 5.10 Å². The van der Waals surface area contributed by atoms with Crippen LogP contribution in [0, 0.1) is 23.2 Å². The maximum atomic E-state index is 15.2. The van der Waals surface area contributed by atoms with E-state index in [1.807, 2.05) is 43.5 Å². The predicted octanol–water partition coefficient (Wildman–Crippen LogP) is 5.98. The number of ether oxygens (including phenoxy) is 2. The minimum Gasteiger partial charge on any atom is -0.380 e. The van der Waals surface area contributed by atoms with Crippen LogP contribution in [0.4, 0.5) is 14.5 Å².